The minimum Gasteiger partial charge on any atom is -0.507 e. The first-order valence-electron chi connectivity index (χ1n) is 12.5. The number of carbonyl (C=O) groups excluding carboxylic acids is 2. The van der Waals surface area contributed by atoms with Crippen LogP contribution in [0.4, 0.5) is 0 Å². The van der Waals surface area contributed by atoms with E-state index in [0.717, 1.165) is 18.4 Å². The molecule has 190 valence electrons. The van der Waals surface area contributed by atoms with Crippen LogP contribution in [0.5, 0.6) is 17.2 Å². The minimum atomic E-state index is -0.789. The lowest BCUT2D eigenvalue weighted by molar-refractivity contribution is -0.140. The Morgan fingerprint density at radius 1 is 0.973 bits per heavy atom. The Labute approximate surface area is 215 Å². The summed E-state index contributed by atoms with van der Waals surface area (Å²) in [6, 6.07) is 21.0. The summed E-state index contributed by atoms with van der Waals surface area (Å²) in [5, 5.41) is 11.4. The van der Waals surface area contributed by atoms with Gasteiger partial charge in [-0.15, -0.1) is 0 Å². The van der Waals surface area contributed by atoms with E-state index in [0.29, 0.717) is 48.2 Å². The second kappa shape index (κ2) is 10.8. The molecule has 0 aliphatic carbocycles. The van der Waals surface area contributed by atoms with Gasteiger partial charge in [0.15, 0.2) is 11.5 Å². The molecule has 2 aliphatic rings. The molecule has 0 bridgehead atoms. The Hall–Kier alpha value is -4.26. The number of hydrogen-bond acceptors (Lipinski definition) is 6. The smallest absolute Gasteiger partial charge is 0.295 e. The van der Waals surface area contributed by atoms with Gasteiger partial charge in [0.1, 0.15) is 24.7 Å². The van der Waals surface area contributed by atoms with Crippen LogP contribution >= 0.6 is 0 Å². The van der Waals surface area contributed by atoms with Gasteiger partial charge in [-0.2, -0.15) is 0 Å². The Morgan fingerprint density at radius 2 is 1.76 bits per heavy atom. The van der Waals surface area contributed by atoms with Gasteiger partial charge in [-0.3, -0.25) is 9.59 Å². The Kier molecular flexibility index (Phi) is 7.12. The van der Waals surface area contributed by atoms with Crippen LogP contribution < -0.4 is 14.2 Å². The molecule has 2 heterocycles. The molecule has 3 aromatic carbocycles. The fourth-order valence-corrected chi connectivity index (χ4v) is 4.62. The van der Waals surface area contributed by atoms with Gasteiger partial charge in [0.2, 0.25) is 0 Å². The molecule has 1 fully saturated rings. The number of likely N-dealkylation sites (tertiary alicyclic amines) is 1. The second-order valence-corrected chi connectivity index (χ2v) is 9.05. The average Bonchev–Trinajstić information content (AvgIpc) is 3.18. The predicted molar refractivity (Wildman–Crippen MR) is 139 cm³/mol. The van der Waals surface area contributed by atoms with Crippen molar-refractivity contribution in [2.24, 2.45) is 0 Å². The fraction of sp³-hybridized carbons (Fsp3) is 0.267. The zero-order chi connectivity index (χ0) is 25.8. The Bertz CT molecular complexity index is 1330. The van der Waals surface area contributed by atoms with Crippen molar-refractivity contribution < 1.29 is 28.9 Å². The second-order valence-electron chi connectivity index (χ2n) is 9.05. The van der Waals surface area contributed by atoms with E-state index in [1.807, 2.05) is 54.6 Å². The highest BCUT2D eigenvalue weighted by Crippen LogP contribution is 2.42. The topological polar surface area (TPSA) is 85.3 Å². The normalized spacial score (nSPS) is 18.2. The zero-order valence-corrected chi connectivity index (χ0v) is 20.7. The third kappa shape index (κ3) is 5.03. The van der Waals surface area contributed by atoms with Gasteiger partial charge in [-0.05, 0) is 47.9 Å². The number of Topliss-reactive ketones (excluding diaryl/α,β-unsaturated/α-hetero) is 1. The van der Waals surface area contributed by atoms with Gasteiger partial charge in [0, 0.05) is 12.1 Å². The van der Waals surface area contributed by atoms with Crippen molar-refractivity contribution in [3.05, 3.63) is 95.1 Å². The van der Waals surface area contributed by atoms with Crippen LogP contribution in [-0.4, -0.2) is 41.5 Å². The van der Waals surface area contributed by atoms with Crippen molar-refractivity contribution in [1.82, 2.24) is 4.90 Å². The van der Waals surface area contributed by atoms with E-state index in [1.54, 1.807) is 18.2 Å². The monoisotopic (exact) mass is 499 g/mol. The molecule has 0 unspecified atom stereocenters. The summed E-state index contributed by atoms with van der Waals surface area (Å²) in [6.07, 6.45) is 1.92. The van der Waals surface area contributed by atoms with Crippen LogP contribution in [0.3, 0.4) is 0 Å². The van der Waals surface area contributed by atoms with Gasteiger partial charge in [-0.1, -0.05) is 55.8 Å². The summed E-state index contributed by atoms with van der Waals surface area (Å²) in [5.41, 5.74) is 1.97. The summed E-state index contributed by atoms with van der Waals surface area (Å²) in [5.74, 6) is 0.0529. The number of aliphatic hydroxyl groups is 1. The highest BCUT2D eigenvalue weighted by Gasteiger charge is 2.46. The molecule has 1 amide bonds. The van der Waals surface area contributed by atoms with Crippen molar-refractivity contribution in [3.8, 4) is 17.2 Å². The summed E-state index contributed by atoms with van der Waals surface area (Å²) in [4.78, 5) is 28.2. The maximum Gasteiger partial charge on any atom is 0.295 e. The van der Waals surface area contributed by atoms with E-state index < -0.39 is 17.7 Å². The lowest BCUT2D eigenvalue weighted by atomic mass is 9.94. The number of unbranched alkanes of at least 4 members (excludes halogenated alkanes) is 1. The van der Waals surface area contributed by atoms with Gasteiger partial charge in [0.05, 0.1) is 18.2 Å². The van der Waals surface area contributed by atoms with Crippen LogP contribution in [0.1, 0.15) is 42.5 Å². The lowest BCUT2D eigenvalue weighted by Gasteiger charge is -2.26. The molecule has 5 rings (SSSR count). The van der Waals surface area contributed by atoms with Crippen LogP contribution in [-0.2, 0) is 16.1 Å². The number of hydrogen-bond donors (Lipinski definition) is 1. The third-order valence-electron chi connectivity index (χ3n) is 6.49. The van der Waals surface area contributed by atoms with Crippen molar-refractivity contribution >= 4 is 17.4 Å². The number of rotatable bonds is 8. The van der Waals surface area contributed by atoms with Crippen LogP contribution in [0, 0.1) is 0 Å². The van der Waals surface area contributed by atoms with Crippen molar-refractivity contribution in [2.75, 3.05) is 19.8 Å². The molecule has 0 spiro atoms. The maximum atomic E-state index is 13.4. The van der Waals surface area contributed by atoms with E-state index in [1.165, 1.54) is 4.90 Å². The van der Waals surface area contributed by atoms with Gasteiger partial charge in [-0.25, -0.2) is 0 Å². The standard InChI is InChI=1S/C30H29NO6/c1-2-3-14-35-23-11-7-10-21(17-23)27-26(28(32)22-12-13-24-25(18-22)37-16-15-36-24)29(33)30(34)31(27)19-20-8-5-4-6-9-20/h4-13,17-18,27,32H,2-3,14-16,19H2,1H3/t27-/m0/s1. The highest BCUT2D eigenvalue weighted by molar-refractivity contribution is 6.46. The molecule has 2 aliphatic heterocycles. The number of amides is 1. The summed E-state index contributed by atoms with van der Waals surface area (Å²) >= 11 is 0. The third-order valence-corrected chi connectivity index (χ3v) is 6.49. The molecular weight excluding hydrogens is 470 g/mol. The first-order chi connectivity index (χ1) is 18.1. The van der Waals surface area contributed by atoms with E-state index in [2.05, 4.69) is 6.92 Å². The minimum absolute atomic E-state index is 0.0308. The molecule has 0 aromatic heterocycles. The van der Waals surface area contributed by atoms with Crippen molar-refractivity contribution in [2.45, 2.75) is 32.4 Å². The molecule has 37 heavy (non-hydrogen) atoms. The first kappa shape index (κ1) is 24.4. The van der Waals surface area contributed by atoms with Crippen LogP contribution in [0.15, 0.2) is 78.4 Å². The van der Waals surface area contributed by atoms with Gasteiger partial charge < -0.3 is 24.2 Å². The van der Waals surface area contributed by atoms with Crippen molar-refractivity contribution in [1.29, 1.82) is 0 Å². The number of fused-ring (bicyclic) bond motifs is 1. The Balaban J connectivity index is 1.59. The largest absolute Gasteiger partial charge is 0.507 e. The van der Waals surface area contributed by atoms with E-state index in [-0.39, 0.29) is 17.9 Å². The van der Waals surface area contributed by atoms with E-state index in [4.69, 9.17) is 14.2 Å². The molecular formula is C30H29NO6. The SMILES string of the molecule is CCCCOc1cccc([C@H]2C(=C(O)c3ccc4c(c3)OCCO4)C(=O)C(=O)N2Cc2ccccc2)c1. The number of aliphatic hydroxyl groups excluding tert-OH is 1. The molecule has 0 radical (unpaired) electrons. The zero-order valence-electron chi connectivity index (χ0n) is 20.7. The maximum absolute atomic E-state index is 13.4. The molecule has 0 saturated carbocycles. The Morgan fingerprint density at radius 3 is 2.54 bits per heavy atom. The summed E-state index contributed by atoms with van der Waals surface area (Å²) in [6.45, 7) is 3.72. The molecule has 1 saturated heterocycles. The molecule has 7 nitrogen and oxygen atoms in total. The first-order valence-corrected chi connectivity index (χ1v) is 12.5. The molecule has 1 N–H and O–H groups in total. The van der Waals surface area contributed by atoms with Crippen LogP contribution in [0.2, 0.25) is 0 Å². The average molecular weight is 500 g/mol. The number of carbonyl (C=O) groups is 2. The van der Waals surface area contributed by atoms with E-state index in [9.17, 15) is 14.7 Å². The van der Waals surface area contributed by atoms with Crippen LogP contribution in [0.25, 0.3) is 5.76 Å². The lowest BCUT2D eigenvalue weighted by Crippen LogP contribution is -2.29. The molecule has 7 heteroatoms. The quantitative estimate of drug-likeness (QED) is 0.197. The highest BCUT2D eigenvalue weighted by atomic mass is 16.6. The van der Waals surface area contributed by atoms with Crippen molar-refractivity contribution in [3.63, 3.8) is 0 Å². The van der Waals surface area contributed by atoms with E-state index >= 15 is 0 Å². The number of ether oxygens (including phenoxy) is 3. The van der Waals surface area contributed by atoms with Gasteiger partial charge >= 0.3 is 0 Å². The van der Waals surface area contributed by atoms with Gasteiger partial charge in [0.25, 0.3) is 11.7 Å². The molecule has 1 atom stereocenters. The summed E-state index contributed by atoms with van der Waals surface area (Å²) in [7, 11) is 0. The fourth-order valence-electron chi connectivity index (χ4n) is 4.62. The predicted octanol–water partition coefficient (Wildman–Crippen LogP) is 5.26. The number of ketones is 1. The molecule has 3 aromatic rings. The number of benzene rings is 3. The number of nitrogens with zero attached hydrogens (tertiary/aromatic N) is 1. The summed E-state index contributed by atoms with van der Waals surface area (Å²) < 4.78 is 17.1.